The van der Waals surface area contributed by atoms with Gasteiger partial charge in [-0.2, -0.15) is 0 Å². The van der Waals surface area contributed by atoms with Crippen LogP contribution < -0.4 is 5.32 Å². The summed E-state index contributed by atoms with van der Waals surface area (Å²) in [5.41, 5.74) is 2.45. The van der Waals surface area contributed by atoms with Gasteiger partial charge >= 0.3 is 0 Å². The maximum absolute atomic E-state index is 12.3. The first-order valence-corrected chi connectivity index (χ1v) is 8.82. The van der Waals surface area contributed by atoms with Gasteiger partial charge in [0.25, 0.3) is 0 Å². The number of benzene rings is 1. The van der Waals surface area contributed by atoms with Crippen molar-refractivity contribution in [1.82, 2.24) is 10.3 Å². The topological polar surface area (TPSA) is 54.1 Å². The maximum atomic E-state index is 12.3. The quantitative estimate of drug-likeness (QED) is 0.850. The van der Waals surface area contributed by atoms with Gasteiger partial charge in [0, 0.05) is 48.0 Å². The molecule has 130 valence electrons. The minimum Gasteiger partial charge on any atom is -0.380 e. The van der Waals surface area contributed by atoms with Gasteiger partial charge in [-0.05, 0) is 24.5 Å². The van der Waals surface area contributed by atoms with Crippen LogP contribution in [0.5, 0.6) is 0 Å². The predicted molar refractivity (Wildman–Crippen MR) is 96.9 cm³/mol. The highest BCUT2D eigenvalue weighted by Gasteiger charge is 2.55. The summed E-state index contributed by atoms with van der Waals surface area (Å²) >= 11 is 0. The summed E-state index contributed by atoms with van der Waals surface area (Å²) < 4.78 is 5.54. The molecule has 0 saturated heterocycles. The second-order valence-electron chi connectivity index (χ2n) is 7.60. The minimum absolute atomic E-state index is 0.000662. The molecule has 0 unspecified atom stereocenters. The van der Waals surface area contributed by atoms with E-state index in [2.05, 4.69) is 55.5 Å². The number of carbonyl (C=O) groups is 1. The Hall–Kier alpha value is -1.81. The van der Waals surface area contributed by atoms with Crippen molar-refractivity contribution in [2.75, 3.05) is 7.11 Å². The standard InChI is InChI=1S/C20H28N2O2/c1-13-18(20(2,3)19(13)24-4)22-17(23)11-7-8-14-12-21-16-10-6-5-9-15(14)16/h5-6,9-10,12-13,18-19,21H,7-8,11H2,1-4H3,(H,22,23)/t13-,18+,19-/m1/s1. The molecule has 3 atom stereocenters. The fourth-order valence-corrected chi connectivity index (χ4v) is 4.45. The molecule has 0 radical (unpaired) electrons. The summed E-state index contributed by atoms with van der Waals surface area (Å²) in [6.45, 7) is 6.48. The molecule has 4 heteroatoms. The number of nitrogens with one attached hydrogen (secondary N) is 2. The number of methoxy groups -OCH3 is 1. The summed E-state index contributed by atoms with van der Waals surface area (Å²) in [5, 5.41) is 4.47. The van der Waals surface area contributed by atoms with Crippen LogP contribution in [0.2, 0.25) is 0 Å². The van der Waals surface area contributed by atoms with E-state index in [1.807, 2.05) is 6.07 Å². The summed E-state index contributed by atoms with van der Waals surface area (Å²) in [4.78, 5) is 15.6. The lowest BCUT2D eigenvalue weighted by molar-refractivity contribution is -0.154. The molecule has 0 aliphatic heterocycles. The van der Waals surface area contributed by atoms with Crippen molar-refractivity contribution in [2.45, 2.75) is 52.2 Å². The monoisotopic (exact) mass is 328 g/mol. The normalized spacial score (nSPS) is 25.4. The van der Waals surface area contributed by atoms with E-state index < -0.39 is 0 Å². The van der Waals surface area contributed by atoms with Gasteiger partial charge in [-0.15, -0.1) is 0 Å². The number of aromatic amines is 1. The van der Waals surface area contributed by atoms with E-state index in [0.717, 1.165) is 18.4 Å². The number of carbonyl (C=O) groups excluding carboxylic acids is 1. The minimum atomic E-state index is 0.000662. The number of fused-ring (bicyclic) bond motifs is 1. The van der Waals surface area contributed by atoms with Gasteiger partial charge in [-0.1, -0.05) is 39.0 Å². The fraction of sp³-hybridized carbons (Fsp3) is 0.550. The summed E-state index contributed by atoms with van der Waals surface area (Å²) in [6.07, 6.45) is 4.62. The highest BCUT2D eigenvalue weighted by atomic mass is 16.5. The second kappa shape index (κ2) is 6.60. The number of para-hydroxylation sites is 1. The van der Waals surface area contributed by atoms with E-state index >= 15 is 0 Å². The molecule has 4 nitrogen and oxygen atoms in total. The lowest BCUT2D eigenvalue weighted by Crippen LogP contribution is -2.67. The number of ether oxygens (including phenoxy) is 1. The smallest absolute Gasteiger partial charge is 0.220 e. The molecule has 2 aromatic rings. The molecule has 1 aliphatic rings. The van der Waals surface area contributed by atoms with E-state index in [1.165, 1.54) is 10.9 Å². The molecule has 1 saturated carbocycles. The van der Waals surface area contributed by atoms with Gasteiger partial charge in [-0.25, -0.2) is 0 Å². The van der Waals surface area contributed by atoms with Gasteiger partial charge in [0.2, 0.25) is 5.91 Å². The molecule has 1 fully saturated rings. The molecule has 0 spiro atoms. The first kappa shape index (κ1) is 17.0. The zero-order chi connectivity index (χ0) is 17.3. The van der Waals surface area contributed by atoms with E-state index in [4.69, 9.17) is 4.74 Å². The third-order valence-electron chi connectivity index (χ3n) is 5.63. The van der Waals surface area contributed by atoms with Crippen molar-refractivity contribution < 1.29 is 9.53 Å². The molecule has 1 heterocycles. The zero-order valence-corrected chi connectivity index (χ0v) is 15.1. The Morgan fingerprint density at radius 2 is 2.08 bits per heavy atom. The molecule has 1 aliphatic carbocycles. The SMILES string of the molecule is CO[C@@H]1[C@H](C)[C@H](NC(=O)CCCc2c[nH]c3ccccc23)C1(C)C. The number of rotatable bonds is 6. The molecular formula is C20H28N2O2. The van der Waals surface area contributed by atoms with Crippen LogP contribution >= 0.6 is 0 Å². The molecule has 1 aromatic heterocycles. The number of aryl methyl sites for hydroxylation is 1. The van der Waals surface area contributed by atoms with Crippen LogP contribution in [0.15, 0.2) is 30.5 Å². The lowest BCUT2D eigenvalue weighted by atomic mass is 9.58. The summed E-state index contributed by atoms with van der Waals surface area (Å²) in [5.74, 6) is 0.511. The average molecular weight is 328 g/mol. The second-order valence-corrected chi connectivity index (χ2v) is 7.60. The Balaban J connectivity index is 1.50. The van der Waals surface area contributed by atoms with E-state index in [0.29, 0.717) is 12.3 Å². The Kier molecular flexibility index (Phi) is 4.68. The van der Waals surface area contributed by atoms with Gasteiger partial charge in [-0.3, -0.25) is 4.79 Å². The molecule has 3 rings (SSSR count). The number of hydrogen-bond donors (Lipinski definition) is 2. The van der Waals surface area contributed by atoms with E-state index in [1.54, 1.807) is 7.11 Å². The summed E-state index contributed by atoms with van der Waals surface area (Å²) in [6, 6.07) is 8.49. The molecular weight excluding hydrogens is 300 g/mol. The van der Waals surface area contributed by atoms with Crippen molar-refractivity contribution in [3.63, 3.8) is 0 Å². The Labute approximate surface area is 144 Å². The Morgan fingerprint density at radius 1 is 1.33 bits per heavy atom. The highest BCUT2D eigenvalue weighted by Crippen LogP contribution is 2.46. The average Bonchev–Trinajstić information content (AvgIpc) is 2.96. The first-order chi connectivity index (χ1) is 11.4. The molecule has 0 bridgehead atoms. The number of aromatic nitrogens is 1. The number of H-pyrrole nitrogens is 1. The van der Waals surface area contributed by atoms with Crippen LogP contribution in [0.25, 0.3) is 10.9 Å². The van der Waals surface area contributed by atoms with Gasteiger partial charge in [0.1, 0.15) is 0 Å². The van der Waals surface area contributed by atoms with Crippen molar-refractivity contribution in [2.24, 2.45) is 11.3 Å². The maximum Gasteiger partial charge on any atom is 0.220 e. The van der Waals surface area contributed by atoms with Crippen LogP contribution in [-0.4, -0.2) is 30.1 Å². The lowest BCUT2D eigenvalue weighted by Gasteiger charge is -2.56. The number of amides is 1. The van der Waals surface area contributed by atoms with Crippen molar-refractivity contribution in [3.8, 4) is 0 Å². The van der Waals surface area contributed by atoms with Crippen LogP contribution in [0, 0.1) is 11.3 Å². The van der Waals surface area contributed by atoms with Crippen LogP contribution in [0.1, 0.15) is 39.2 Å². The predicted octanol–water partition coefficient (Wildman–Crippen LogP) is 3.67. The number of hydrogen-bond acceptors (Lipinski definition) is 2. The molecule has 2 N–H and O–H groups in total. The van der Waals surface area contributed by atoms with Crippen molar-refractivity contribution >= 4 is 16.8 Å². The molecule has 1 amide bonds. The van der Waals surface area contributed by atoms with Crippen LogP contribution in [-0.2, 0) is 16.0 Å². The third-order valence-corrected chi connectivity index (χ3v) is 5.63. The van der Waals surface area contributed by atoms with Gasteiger partial charge < -0.3 is 15.0 Å². The third kappa shape index (κ3) is 2.95. The first-order valence-electron chi connectivity index (χ1n) is 8.82. The Morgan fingerprint density at radius 3 is 2.79 bits per heavy atom. The molecule has 24 heavy (non-hydrogen) atoms. The Bertz CT molecular complexity index is 719. The van der Waals surface area contributed by atoms with Gasteiger partial charge in [0.15, 0.2) is 0 Å². The van der Waals surface area contributed by atoms with Crippen molar-refractivity contribution in [1.29, 1.82) is 0 Å². The summed E-state index contributed by atoms with van der Waals surface area (Å²) in [7, 11) is 1.75. The van der Waals surface area contributed by atoms with E-state index in [9.17, 15) is 4.79 Å². The fourth-order valence-electron chi connectivity index (χ4n) is 4.45. The van der Waals surface area contributed by atoms with Crippen LogP contribution in [0.4, 0.5) is 0 Å². The largest absolute Gasteiger partial charge is 0.380 e. The van der Waals surface area contributed by atoms with Gasteiger partial charge in [0.05, 0.1) is 6.10 Å². The highest BCUT2D eigenvalue weighted by molar-refractivity contribution is 5.83. The van der Waals surface area contributed by atoms with Crippen molar-refractivity contribution in [3.05, 3.63) is 36.0 Å². The van der Waals surface area contributed by atoms with Crippen LogP contribution in [0.3, 0.4) is 0 Å². The zero-order valence-electron chi connectivity index (χ0n) is 15.1. The van der Waals surface area contributed by atoms with E-state index in [-0.39, 0.29) is 23.5 Å². The molecule has 1 aromatic carbocycles.